The van der Waals surface area contributed by atoms with Crippen molar-refractivity contribution in [2.45, 2.75) is 25.6 Å². The third-order valence-electron chi connectivity index (χ3n) is 7.05. The highest BCUT2D eigenvalue weighted by Gasteiger charge is 2.30. The molecule has 7 rings (SSSR count). The Kier molecular flexibility index (Phi) is 6.69. The largest absolute Gasteiger partial charge is 0.456 e. The van der Waals surface area contributed by atoms with Gasteiger partial charge in [-0.1, -0.05) is 6.07 Å². The number of benzene rings is 2. The number of pyridine rings is 2. The molecule has 1 aliphatic heterocycles. The zero-order valence-electron chi connectivity index (χ0n) is 22.4. The van der Waals surface area contributed by atoms with Crippen molar-refractivity contribution in [2.75, 3.05) is 11.9 Å². The molecule has 12 heteroatoms. The fourth-order valence-electron chi connectivity index (χ4n) is 4.89. The van der Waals surface area contributed by atoms with E-state index in [-0.39, 0.29) is 11.9 Å². The quantitative estimate of drug-likeness (QED) is 0.197. The summed E-state index contributed by atoms with van der Waals surface area (Å²) >= 11 is 1.52. The van der Waals surface area contributed by atoms with Gasteiger partial charge in [0.25, 0.3) is 6.01 Å². The van der Waals surface area contributed by atoms with Crippen LogP contribution in [0.2, 0.25) is 0 Å². The highest BCUT2D eigenvalue weighted by atomic mass is 32.1. The Morgan fingerprint density at radius 1 is 1.00 bits per heavy atom. The summed E-state index contributed by atoms with van der Waals surface area (Å²) in [5.74, 6) is 1.34. The number of carbonyl (C=O) groups excluding carboxylic acids is 1. The second-order valence-electron chi connectivity index (χ2n) is 10.1. The lowest BCUT2D eigenvalue weighted by atomic mass is 10.2. The SMILES string of the molecule is O=C1CCCN1Cc1ccc(-c2cc3nccc(Oc4ccc5oc(Nc6ccc(C(F)(F)F)cc6)nc5c4)c3s2)nc1. The van der Waals surface area contributed by atoms with Gasteiger partial charge in [-0.25, -0.2) is 0 Å². The molecular formula is C31H22F3N5O3S. The normalized spacial score (nSPS) is 13.7. The molecule has 8 nitrogen and oxygen atoms in total. The monoisotopic (exact) mass is 601 g/mol. The van der Waals surface area contributed by atoms with Crippen molar-refractivity contribution in [1.29, 1.82) is 0 Å². The van der Waals surface area contributed by atoms with Crippen molar-refractivity contribution in [3.8, 4) is 22.1 Å². The predicted molar refractivity (Wildman–Crippen MR) is 156 cm³/mol. The van der Waals surface area contributed by atoms with E-state index >= 15 is 0 Å². The molecule has 6 aromatic rings. The Labute approximate surface area is 246 Å². The van der Waals surface area contributed by atoms with Crippen LogP contribution in [-0.4, -0.2) is 32.3 Å². The molecule has 4 aromatic heterocycles. The molecule has 0 bridgehead atoms. The molecule has 0 radical (unpaired) electrons. The van der Waals surface area contributed by atoms with E-state index in [4.69, 9.17) is 9.15 Å². The zero-order chi connectivity index (χ0) is 29.6. The molecule has 1 amide bonds. The Balaban J connectivity index is 1.08. The predicted octanol–water partition coefficient (Wildman–Crippen LogP) is 8.18. The molecule has 2 aromatic carbocycles. The number of hydrogen-bond acceptors (Lipinski definition) is 8. The van der Waals surface area contributed by atoms with Crippen LogP contribution >= 0.6 is 11.3 Å². The number of ether oxygens (including phenoxy) is 1. The molecule has 43 heavy (non-hydrogen) atoms. The van der Waals surface area contributed by atoms with Crippen LogP contribution in [0.25, 0.3) is 31.9 Å². The van der Waals surface area contributed by atoms with Crippen molar-refractivity contribution in [3.05, 3.63) is 90.3 Å². The number of thiophene rings is 1. The molecule has 0 atom stereocenters. The van der Waals surface area contributed by atoms with Crippen molar-refractivity contribution in [1.82, 2.24) is 19.9 Å². The number of amides is 1. The maximum Gasteiger partial charge on any atom is 0.416 e. The van der Waals surface area contributed by atoms with Gasteiger partial charge in [0, 0.05) is 49.7 Å². The second-order valence-corrected chi connectivity index (χ2v) is 11.1. The van der Waals surface area contributed by atoms with Crippen LogP contribution < -0.4 is 10.1 Å². The van der Waals surface area contributed by atoms with E-state index in [1.54, 1.807) is 30.5 Å². The van der Waals surface area contributed by atoms with E-state index in [2.05, 4.69) is 20.3 Å². The van der Waals surface area contributed by atoms with Gasteiger partial charge < -0.3 is 19.4 Å². The first-order valence-electron chi connectivity index (χ1n) is 13.4. The lowest BCUT2D eigenvalue weighted by Crippen LogP contribution is -2.23. The van der Waals surface area contributed by atoms with E-state index < -0.39 is 11.7 Å². The smallest absolute Gasteiger partial charge is 0.416 e. The van der Waals surface area contributed by atoms with Gasteiger partial charge in [-0.3, -0.25) is 14.8 Å². The maximum absolute atomic E-state index is 12.8. The fourth-order valence-corrected chi connectivity index (χ4v) is 5.94. The van der Waals surface area contributed by atoms with Crippen molar-refractivity contribution >= 4 is 50.3 Å². The van der Waals surface area contributed by atoms with Gasteiger partial charge in [-0.05, 0) is 60.5 Å². The van der Waals surface area contributed by atoms with Gasteiger partial charge in [0.2, 0.25) is 5.91 Å². The molecule has 216 valence electrons. The molecule has 1 aliphatic rings. The number of fused-ring (bicyclic) bond motifs is 2. The van der Waals surface area contributed by atoms with Crippen LogP contribution in [0.15, 0.2) is 83.5 Å². The van der Waals surface area contributed by atoms with Crippen molar-refractivity contribution < 1.29 is 27.1 Å². The molecule has 1 saturated heterocycles. The van der Waals surface area contributed by atoms with Gasteiger partial charge in [-0.15, -0.1) is 11.3 Å². The topological polar surface area (TPSA) is 93.4 Å². The van der Waals surface area contributed by atoms with Gasteiger partial charge in [-0.2, -0.15) is 18.2 Å². The first-order chi connectivity index (χ1) is 20.8. The highest BCUT2D eigenvalue weighted by Crippen LogP contribution is 2.39. The summed E-state index contributed by atoms with van der Waals surface area (Å²) in [5.41, 5.74) is 3.26. The fraction of sp³-hybridized carbons (Fsp3) is 0.161. The number of carbonyl (C=O) groups is 1. The molecule has 0 saturated carbocycles. The molecule has 0 spiro atoms. The third-order valence-corrected chi connectivity index (χ3v) is 8.21. The summed E-state index contributed by atoms with van der Waals surface area (Å²) in [4.78, 5) is 28.3. The molecule has 5 heterocycles. The maximum atomic E-state index is 12.8. The van der Waals surface area contributed by atoms with E-state index in [0.29, 0.717) is 41.3 Å². The summed E-state index contributed by atoms with van der Waals surface area (Å²) in [7, 11) is 0. The van der Waals surface area contributed by atoms with E-state index in [1.165, 1.54) is 23.5 Å². The van der Waals surface area contributed by atoms with Gasteiger partial charge in [0.05, 0.1) is 26.4 Å². The Hall–Kier alpha value is -4.97. The third kappa shape index (κ3) is 5.61. The Morgan fingerprint density at radius 2 is 1.86 bits per heavy atom. The van der Waals surface area contributed by atoms with E-state index in [0.717, 1.165) is 51.4 Å². The number of nitrogens with one attached hydrogen (secondary N) is 1. The molecule has 1 N–H and O–H groups in total. The number of nitrogens with zero attached hydrogens (tertiary/aromatic N) is 4. The summed E-state index contributed by atoms with van der Waals surface area (Å²) in [6, 6.07) is 17.7. The summed E-state index contributed by atoms with van der Waals surface area (Å²) in [6.07, 6.45) is 0.598. The number of anilines is 2. The number of hydrogen-bond donors (Lipinski definition) is 1. The first-order valence-corrected chi connectivity index (χ1v) is 14.2. The van der Waals surface area contributed by atoms with Crippen LogP contribution in [0.1, 0.15) is 24.0 Å². The lowest BCUT2D eigenvalue weighted by molar-refractivity contribution is -0.137. The van der Waals surface area contributed by atoms with Crippen LogP contribution in [0.5, 0.6) is 11.5 Å². The minimum Gasteiger partial charge on any atom is -0.456 e. The minimum atomic E-state index is -4.41. The first kappa shape index (κ1) is 26.9. The number of likely N-dealkylation sites (tertiary alicyclic amines) is 1. The van der Waals surface area contributed by atoms with Crippen LogP contribution in [0.4, 0.5) is 24.9 Å². The minimum absolute atomic E-state index is 0.145. The summed E-state index contributed by atoms with van der Waals surface area (Å²) in [6.45, 7) is 1.36. The van der Waals surface area contributed by atoms with E-state index in [1.807, 2.05) is 29.3 Å². The van der Waals surface area contributed by atoms with Gasteiger partial charge >= 0.3 is 6.18 Å². The molecule has 0 unspecified atom stereocenters. The van der Waals surface area contributed by atoms with Crippen LogP contribution in [0, 0.1) is 0 Å². The zero-order valence-corrected chi connectivity index (χ0v) is 23.2. The highest BCUT2D eigenvalue weighted by molar-refractivity contribution is 7.22. The Bertz CT molecular complexity index is 1950. The lowest BCUT2D eigenvalue weighted by Gasteiger charge is -2.15. The number of aromatic nitrogens is 3. The van der Waals surface area contributed by atoms with Crippen LogP contribution in [-0.2, 0) is 17.5 Å². The number of rotatable bonds is 7. The number of oxazole rings is 1. The molecular weight excluding hydrogens is 579 g/mol. The van der Waals surface area contributed by atoms with E-state index in [9.17, 15) is 18.0 Å². The average molecular weight is 602 g/mol. The standard InChI is InChI=1S/C31H22F3N5O3S/c32-31(33,34)19-4-6-20(7-5-19)37-30-38-23-14-21(8-10-25(23)42-30)41-26-11-12-35-24-15-27(43-29(24)26)22-9-3-18(16-36-22)17-39-13-1-2-28(39)40/h3-12,14-16H,1-2,13,17H2,(H,37,38). The Morgan fingerprint density at radius 3 is 2.60 bits per heavy atom. The number of halogens is 3. The summed E-state index contributed by atoms with van der Waals surface area (Å²) < 4.78 is 51.3. The van der Waals surface area contributed by atoms with Crippen LogP contribution in [0.3, 0.4) is 0 Å². The summed E-state index contributed by atoms with van der Waals surface area (Å²) in [5, 5.41) is 2.89. The van der Waals surface area contributed by atoms with Gasteiger partial charge in [0.15, 0.2) is 5.58 Å². The van der Waals surface area contributed by atoms with Crippen molar-refractivity contribution in [2.24, 2.45) is 0 Å². The molecule has 0 aliphatic carbocycles. The molecule has 1 fully saturated rings. The van der Waals surface area contributed by atoms with Gasteiger partial charge in [0.1, 0.15) is 17.0 Å². The number of alkyl halides is 3. The average Bonchev–Trinajstić information content (AvgIpc) is 3.72. The van der Waals surface area contributed by atoms with Crippen molar-refractivity contribution in [3.63, 3.8) is 0 Å². The second kappa shape index (κ2) is 10.7.